The third-order valence-corrected chi connectivity index (χ3v) is 5.63. The smallest absolute Gasteiger partial charge is 0.295 e. The lowest BCUT2D eigenvalue weighted by Gasteiger charge is -2.28. The van der Waals surface area contributed by atoms with Crippen LogP contribution in [0.1, 0.15) is 31.0 Å². The number of hydrogen-bond donors (Lipinski definition) is 1. The Hall–Kier alpha value is -3.19. The minimum absolute atomic E-state index is 0.122. The molecule has 31 heavy (non-hydrogen) atoms. The molecule has 0 aromatic heterocycles. The van der Waals surface area contributed by atoms with Crippen molar-refractivity contribution in [3.8, 4) is 5.75 Å². The zero-order valence-corrected chi connectivity index (χ0v) is 18.0. The average Bonchev–Trinajstić information content (AvgIpc) is 3.04. The van der Waals surface area contributed by atoms with E-state index in [0.717, 1.165) is 13.1 Å². The van der Waals surface area contributed by atoms with Crippen LogP contribution in [0.25, 0.3) is 5.76 Å². The number of rotatable bonds is 8. The van der Waals surface area contributed by atoms with Gasteiger partial charge in [0.05, 0.1) is 18.7 Å². The standard InChI is InChI=1S/C24H27FN2O4/c1-4-26(5-2)13-14-27-21(18-11-6-7-12-19(18)25)20(23(29)24(27)30)22(28)16-9-8-10-17(15-16)31-3/h6-12,15,21,28H,4-5,13-14H2,1-3H3/b22-20+. The third kappa shape index (κ3) is 4.46. The number of hydrogen-bond acceptors (Lipinski definition) is 5. The van der Waals surface area contributed by atoms with E-state index < -0.39 is 23.5 Å². The van der Waals surface area contributed by atoms with Crippen LogP contribution in [-0.4, -0.2) is 59.9 Å². The molecule has 1 amide bonds. The lowest BCUT2D eigenvalue weighted by atomic mass is 9.95. The molecule has 2 aromatic rings. The quantitative estimate of drug-likeness (QED) is 0.397. The number of carbonyl (C=O) groups excluding carboxylic acids is 2. The van der Waals surface area contributed by atoms with Gasteiger partial charge < -0.3 is 19.6 Å². The van der Waals surface area contributed by atoms with E-state index >= 15 is 0 Å². The number of methoxy groups -OCH3 is 1. The molecule has 7 heteroatoms. The second-order valence-corrected chi connectivity index (χ2v) is 7.27. The maximum Gasteiger partial charge on any atom is 0.295 e. The molecule has 2 aromatic carbocycles. The number of likely N-dealkylation sites (tertiary alicyclic amines) is 1. The summed E-state index contributed by atoms with van der Waals surface area (Å²) < 4.78 is 20.0. The van der Waals surface area contributed by atoms with Crippen LogP contribution in [0.3, 0.4) is 0 Å². The van der Waals surface area contributed by atoms with Gasteiger partial charge in [-0.15, -0.1) is 0 Å². The molecule has 164 valence electrons. The predicted octanol–water partition coefficient (Wildman–Crippen LogP) is 3.60. The van der Waals surface area contributed by atoms with Crippen molar-refractivity contribution < 1.29 is 23.8 Å². The van der Waals surface area contributed by atoms with Gasteiger partial charge in [0.15, 0.2) is 0 Å². The molecular formula is C24H27FN2O4. The number of aliphatic hydroxyl groups excluding tert-OH is 1. The minimum Gasteiger partial charge on any atom is -0.507 e. The van der Waals surface area contributed by atoms with E-state index in [1.807, 2.05) is 13.8 Å². The maximum atomic E-state index is 14.8. The molecule has 0 aliphatic carbocycles. The Morgan fingerprint density at radius 1 is 1.13 bits per heavy atom. The Balaban J connectivity index is 2.13. The van der Waals surface area contributed by atoms with E-state index in [0.29, 0.717) is 17.9 Å². The number of nitrogens with zero attached hydrogens (tertiary/aromatic N) is 2. The predicted molar refractivity (Wildman–Crippen MR) is 116 cm³/mol. The van der Waals surface area contributed by atoms with Crippen LogP contribution >= 0.6 is 0 Å². The summed E-state index contributed by atoms with van der Waals surface area (Å²) in [6, 6.07) is 11.5. The van der Waals surface area contributed by atoms with Crippen molar-refractivity contribution in [2.45, 2.75) is 19.9 Å². The SMILES string of the molecule is CCN(CC)CCN1C(=O)C(=O)/C(=C(/O)c2cccc(OC)c2)C1c1ccccc1F. The van der Waals surface area contributed by atoms with Crippen molar-refractivity contribution in [2.75, 3.05) is 33.3 Å². The van der Waals surface area contributed by atoms with E-state index in [9.17, 15) is 19.1 Å². The van der Waals surface area contributed by atoms with Crippen molar-refractivity contribution in [1.29, 1.82) is 0 Å². The lowest BCUT2D eigenvalue weighted by Crippen LogP contribution is -2.38. The Kier molecular flexibility index (Phi) is 7.07. The molecule has 1 fully saturated rings. The summed E-state index contributed by atoms with van der Waals surface area (Å²) in [5, 5.41) is 11.0. The summed E-state index contributed by atoms with van der Waals surface area (Å²) in [5.74, 6) is -1.98. The first-order chi connectivity index (χ1) is 14.9. The van der Waals surface area contributed by atoms with Crippen LogP contribution in [0.2, 0.25) is 0 Å². The van der Waals surface area contributed by atoms with Gasteiger partial charge in [0.25, 0.3) is 11.7 Å². The van der Waals surface area contributed by atoms with E-state index in [-0.39, 0.29) is 23.4 Å². The third-order valence-electron chi connectivity index (χ3n) is 5.63. The summed E-state index contributed by atoms with van der Waals surface area (Å²) in [7, 11) is 1.49. The van der Waals surface area contributed by atoms with E-state index in [4.69, 9.17) is 4.74 Å². The van der Waals surface area contributed by atoms with Crippen molar-refractivity contribution in [1.82, 2.24) is 9.80 Å². The molecule has 0 bridgehead atoms. The van der Waals surface area contributed by atoms with Gasteiger partial charge >= 0.3 is 0 Å². The fourth-order valence-corrected chi connectivity index (χ4v) is 3.85. The lowest BCUT2D eigenvalue weighted by molar-refractivity contribution is -0.140. The van der Waals surface area contributed by atoms with Crippen LogP contribution in [0, 0.1) is 5.82 Å². The Morgan fingerprint density at radius 2 is 1.84 bits per heavy atom. The highest BCUT2D eigenvalue weighted by molar-refractivity contribution is 6.46. The number of ether oxygens (including phenoxy) is 1. The molecule has 1 aliphatic heterocycles. The monoisotopic (exact) mass is 426 g/mol. The number of ketones is 1. The van der Waals surface area contributed by atoms with Crippen LogP contribution in [0.15, 0.2) is 54.1 Å². The summed E-state index contributed by atoms with van der Waals surface area (Å²) in [6.07, 6.45) is 0. The van der Waals surface area contributed by atoms with E-state index in [2.05, 4.69) is 4.90 Å². The second kappa shape index (κ2) is 9.75. The van der Waals surface area contributed by atoms with Gasteiger partial charge in [-0.1, -0.05) is 44.2 Å². The number of amides is 1. The molecule has 0 saturated carbocycles. The van der Waals surface area contributed by atoms with Crippen LogP contribution in [0.5, 0.6) is 5.75 Å². The molecule has 1 aliphatic rings. The normalized spacial score (nSPS) is 18.1. The van der Waals surface area contributed by atoms with Gasteiger partial charge in [0, 0.05) is 24.2 Å². The molecule has 6 nitrogen and oxygen atoms in total. The first kappa shape index (κ1) is 22.5. The zero-order chi connectivity index (χ0) is 22.5. The number of aliphatic hydroxyl groups is 1. The van der Waals surface area contributed by atoms with Gasteiger partial charge in [-0.05, 0) is 31.3 Å². The minimum atomic E-state index is -1.01. The number of benzene rings is 2. The average molecular weight is 426 g/mol. The summed E-state index contributed by atoms with van der Waals surface area (Å²) >= 11 is 0. The van der Waals surface area contributed by atoms with Crippen LogP contribution < -0.4 is 4.74 Å². The van der Waals surface area contributed by atoms with Crippen molar-refractivity contribution in [3.63, 3.8) is 0 Å². The topological polar surface area (TPSA) is 70.1 Å². The molecule has 0 spiro atoms. The van der Waals surface area contributed by atoms with Gasteiger partial charge in [-0.25, -0.2) is 4.39 Å². The van der Waals surface area contributed by atoms with Crippen molar-refractivity contribution in [3.05, 3.63) is 71.0 Å². The first-order valence-corrected chi connectivity index (χ1v) is 10.3. The Morgan fingerprint density at radius 3 is 2.48 bits per heavy atom. The molecule has 1 heterocycles. The zero-order valence-electron chi connectivity index (χ0n) is 18.0. The highest BCUT2D eigenvalue weighted by Crippen LogP contribution is 2.40. The first-order valence-electron chi connectivity index (χ1n) is 10.3. The van der Waals surface area contributed by atoms with Crippen LogP contribution in [-0.2, 0) is 9.59 Å². The molecular weight excluding hydrogens is 399 g/mol. The Labute approximate surface area is 181 Å². The summed E-state index contributed by atoms with van der Waals surface area (Å²) in [6.45, 7) is 6.36. The van der Waals surface area contributed by atoms with Gasteiger partial charge in [0.1, 0.15) is 17.3 Å². The fraction of sp³-hybridized carbons (Fsp3) is 0.333. The fourth-order valence-electron chi connectivity index (χ4n) is 3.85. The van der Waals surface area contributed by atoms with Crippen molar-refractivity contribution >= 4 is 17.4 Å². The van der Waals surface area contributed by atoms with E-state index in [1.54, 1.807) is 36.4 Å². The molecule has 0 radical (unpaired) electrons. The highest BCUT2D eigenvalue weighted by atomic mass is 19.1. The summed E-state index contributed by atoms with van der Waals surface area (Å²) in [4.78, 5) is 29.4. The Bertz CT molecular complexity index is 1000. The van der Waals surface area contributed by atoms with Gasteiger partial charge in [-0.2, -0.15) is 0 Å². The van der Waals surface area contributed by atoms with E-state index in [1.165, 1.54) is 24.1 Å². The molecule has 1 atom stereocenters. The maximum absolute atomic E-state index is 14.8. The number of halogens is 1. The number of carbonyl (C=O) groups is 2. The number of Topliss-reactive ketones (excluding diaryl/α,β-unsaturated/α-hetero) is 1. The largest absolute Gasteiger partial charge is 0.507 e. The number of likely N-dealkylation sites (N-methyl/N-ethyl adjacent to an activating group) is 1. The van der Waals surface area contributed by atoms with Crippen LogP contribution in [0.4, 0.5) is 4.39 Å². The highest BCUT2D eigenvalue weighted by Gasteiger charge is 2.46. The molecule has 1 N–H and O–H groups in total. The second-order valence-electron chi connectivity index (χ2n) is 7.27. The van der Waals surface area contributed by atoms with Gasteiger partial charge in [0.2, 0.25) is 0 Å². The summed E-state index contributed by atoms with van der Waals surface area (Å²) in [5.41, 5.74) is 0.371. The molecule has 1 unspecified atom stereocenters. The van der Waals surface area contributed by atoms with Gasteiger partial charge in [-0.3, -0.25) is 9.59 Å². The molecule has 3 rings (SSSR count). The van der Waals surface area contributed by atoms with Crippen molar-refractivity contribution in [2.24, 2.45) is 0 Å². The molecule has 1 saturated heterocycles.